The molecule has 0 amide bonds. The summed E-state index contributed by atoms with van der Waals surface area (Å²) >= 11 is 0. The van der Waals surface area contributed by atoms with Crippen molar-refractivity contribution < 1.29 is 4.74 Å². The Labute approximate surface area is 112 Å². The molecule has 0 aromatic carbocycles. The van der Waals surface area contributed by atoms with Gasteiger partial charge in [0.05, 0.1) is 6.61 Å². The number of rotatable bonds is 6. The maximum atomic E-state index is 5.57. The molecule has 18 heavy (non-hydrogen) atoms. The van der Waals surface area contributed by atoms with Gasteiger partial charge in [-0.1, -0.05) is 12.8 Å². The zero-order valence-corrected chi connectivity index (χ0v) is 12.2. The number of nitrogens with one attached hydrogen (secondary N) is 1. The maximum absolute atomic E-state index is 5.57. The first kappa shape index (κ1) is 14.3. The molecule has 1 aliphatic carbocycles. The molecular weight excluding hydrogens is 224 g/mol. The highest BCUT2D eigenvalue weighted by Gasteiger charge is 2.25. The highest BCUT2D eigenvalue weighted by Crippen LogP contribution is 2.28. The molecule has 1 heterocycles. The Balaban J connectivity index is 1.72. The van der Waals surface area contributed by atoms with Crippen LogP contribution in [-0.4, -0.2) is 51.3 Å². The molecule has 0 spiro atoms. The van der Waals surface area contributed by atoms with Crippen molar-refractivity contribution in [1.82, 2.24) is 10.2 Å². The average molecular weight is 254 g/mol. The van der Waals surface area contributed by atoms with Crippen molar-refractivity contribution in [3.8, 4) is 0 Å². The molecule has 0 bridgehead atoms. The fraction of sp³-hybridized carbons (Fsp3) is 1.00. The molecule has 106 valence electrons. The van der Waals surface area contributed by atoms with Crippen LogP contribution in [0.4, 0.5) is 0 Å². The van der Waals surface area contributed by atoms with E-state index in [1.807, 2.05) is 0 Å². The van der Waals surface area contributed by atoms with Gasteiger partial charge in [-0.05, 0) is 51.6 Å². The lowest BCUT2D eigenvalue weighted by molar-refractivity contribution is 0.0401. The molecule has 1 N–H and O–H groups in total. The van der Waals surface area contributed by atoms with Gasteiger partial charge in [0.15, 0.2) is 0 Å². The highest BCUT2D eigenvalue weighted by molar-refractivity contribution is 4.82. The second-order valence-electron chi connectivity index (χ2n) is 6.24. The van der Waals surface area contributed by atoms with Crippen LogP contribution in [0.5, 0.6) is 0 Å². The third kappa shape index (κ3) is 4.22. The minimum atomic E-state index is 0.682. The summed E-state index contributed by atoms with van der Waals surface area (Å²) in [6, 6.07) is 0.682. The van der Waals surface area contributed by atoms with Crippen molar-refractivity contribution in [1.29, 1.82) is 0 Å². The van der Waals surface area contributed by atoms with E-state index in [-0.39, 0.29) is 0 Å². The average Bonchev–Trinajstić information content (AvgIpc) is 2.91. The van der Waals surface area contributed by atoms with Gasteiger partial charge in [0.1, 0.15) is 0 Å². The van der Waals surface area contributed by atoms with Gasteiger partial charge < -0.3 is 15.0 Å². The zero-order chi connectivity index (χ0) is 12.8. The van der Waals surface area contributed by atoms with Crippen molar-refractivity contribution in [3.63, 3.8) is 0 Å². The monoisotopic (exact) mass is 254 g/mol. The van der Waals surface area contributed by atoms with E-state index in [9.17, 15) is 0 Å². The van der Waals surface area contributed by atoms with Crippen molar-refractivity contribution in [2.45, 2.75) is 44.6 Å². The Bertz CT molecular complexity index is 223. The predicted octanol–water partition coefficient (Wildman–Crippen LogP) is 2.12. The first-order valence-electron chi connectivity index (χ1n) is 7.73. The predicted molar refractivity (Wildman–Crippen MR) is 75.8 cm³/mol. The molecule has 1 aliphatic heterocycles. The Morgan fingerprint density at radius 1 is 1.22 bits per heavy atom. The largest absolute Gasteiger partial charge is 0.381 e. The van der Waals surface area contributed by atoms with E-state index < -0.39 is 0 Å². The van der Waals surface area contributed by atoms with Crippen LogP contribution in [0.25, 0.3) is 0 Å². The summed E-state index contributed by atoms with van der Waals surface area (Å²) in [7, 11) is 4.40. The van der Waals surface area contributed by atoms with Crippen molar-refractivity contribution in [2.24, 2.45) is 11.8 Å². The van der Waals surface area contributed by atoms with E-state index in [0.717, 1.165) is 25.0 Å². The van der Waals surface area contributed by atoms with Crippen molar-refractivity contribution >= 4 is 0 Å². The van der Waals surface area contributed by atoms with E-state index in [0.29, 0.717) is 6.04 Å². The van der Waals surface area contributed by atoms with Crippen LogP contribution >= 0.6 is 0 Å². The standard InChI is InChI=1S/C15H30N2O/c1-16-15(14-7-3-4-8-14)11-17(2)10-13-6-5-9-18-12-13/h13-16H,3-12H2,1-2H3. The Kier molecular flexibility index (Phi) is 5.93. The molecule has 2 atom stereocenters. The first-order valence-corrected chi connectivity index (χ1v) is 7.73. The Morgan fingerprint density at radius 3 is 2.61 bits per heavy atom. The normalized spacial score (nSPS) is 27.8. The third-order valence-corrected chi connectivity index (χ3v) is 4.67. The third-order valence-electron chi connectivity index (χ3n) is 4.67. The van der Waals surface area contributed by atoms with Crippen LogP contribution in [0, 0.1) is 11.8 Å². The number of hydrogen-bond acceptors (Lipinski definition) is 3. The van der Waals surface area contributed by atoms with Gasteiger partial charge in [-0.25, -0.2) is 0 Å². The fourth-order valence-electron chi connectivity index (χ4n) is 3.64. The topological polar surface area (TPSA) is 24.5 Å². The minimum Gasteiger partial charge on any atom is -0.381 e. The molecule has 2 aliphatic rings. The van der Waals surface area contributed by atoms with Gasteiger partial charge in [-0.2, -0.15) is 0 Å². The maximum Gasteiger partial charge on any atom is 0.0506 e. The summed E-state index contributed by atoms with van der Waals surface area (Å²) in [6.07, 6.45) is 8.30. The lowest BCUT2D eigenvalue weighted by Gasteiger charge is -2.31. The summed E-state index contributed by atoms with van der Waals surface area (Å²) in [5.74, 6) is 1.66. The van der Waals surface area contributed by atoms with Crippen molar-refractivity contribution in [2.75, 3.05) is 40.4 Å². The molecule has 2 rings (SSSR count). The van der Waals surface area contributed by atoms with Gasteiger partial charge in [0.2, 0.25) is 0 Å². The van der Waals surface area contributed by atoms with Gasteiger partial charge >= 0.3 is 0 Å². The van der Waals surface area contributed by atoms with Gasteiger partial charge in [-0.15, -0.1) is 0 Å². The van der Waals surface area contributed by atoms with E-state index in [1.54, 1.807) is 0 Å². The smallest absolute Gasteiger partial charge is 0.0506 e. The number of likely N-dealkylation sites (N-methyl/N-ethyl adjacent to an activating group) is 2. The van der Waals surface area contributed by atoms with Crippen LogP contribution in [0.15, 0.2) is 0 Å². The van der Waals surface area contributed by atoms with Crippen LogP contribution in [0.3, 0.4) is 0 Å². The Morgan fingerprint density at radius 2 is 2.00 bits per heavy atom. The SMILES string of the molecule is CNC(CN(C)CC1CCCOC1)C1CCCC1. The van der Waals surface area contributed by atoms with Gasteiger partial charge in [0.25, 0.3) is 0 Å². The molecule has 3 nitrogen and oxygen atoms in total. The zero-order valence-electron chi connectivity index (χ0n) is 12.2. The quantitative estimate of drug-likeness (QED) is 0.786. The lowest BCUT2D eigenvalue weighted by Crippen LogP contribution is -2.44. The highest BCUT2D eigenvalue weighted by atomic mass is 16.5. The van der Waals surface area contributed by atoms with E-state index in [4.69, 9.17) is 4.74 Å². The summed E-state index contributed by atoms with van der Waals surface area (Å²) in [4.78, 5) is 2.51. The molecule has 3 heteroatoms. The van der Waals surface area contributed by atoms with Crippen LogP contribution < -0.4 is 5.32 Å². The van der Waals surface area contributed by atoms with E-state index in [2.05, 4.69) is 24.3 Å². The molecule has 2 unspecified atom stereocenters. The summed E-state index contributed by atoms with van der Waals surface area (Å²) in [5, 5.41) is 3.54. The molecule has 2 fully saturated rings. The fourth-order valence-corrected chi connectivity index (χ4v) is 3.64. The lowest BCUT2D eigenvalue weighted by atomic mass is 9.97. The first-order chi connectivity index (χ1) is 8.79. The molecule has 1 saturated carbocycles. The summed E-state index contributed by atoms with van der Waals surface area (Å²) in [5.41, 5.74) is 0. The van der Waals surface area contributed by atoms with Gasteiger partial charge in [0, 0.05) is 25.7 Å². The van der Waals surface area contributed by atoms with Gasteiger partial charge in [-0.3, -0.25) is 0 Å². The van der Waals surface area contributed by atoms with Crippen LogP contribution in [-0.2, 0) is 4.74 Å². The summed E-state index contributed by atoms with van der Waals surface area (Å²) in [6.45, 7) is 4.34. The molecule has 0 radical (unpaired) electrons. The van der Waals surface area contributed by atoms with Crippen LogP contribution in [0.1, 0.15) is 38.5 Å². The molecule has 0 aromatic heterocycles. The Hall–Kier alpha value is -0.120. The van der Waals surface area contributed by atoms with Crippen LogP contribution in [0.2, 0.25) is 0 Å². The van der Waals surface area contributed by atoms with E-state index >= 15 is 0 Å². The van der Waals surface area contributed by atoms with E-state index in [1.165, 1.54) is 51.6 Å². The number of ether oxygens (including phenoxy) is 1. The number of nitrogens with zero attached hydrogens (tertiary/aromatic N) is 1. The summed E-state index contributed by atoms with van der Waals surface area (Å²) < 4.78 is 5.57. The van der Waals surface area contributed by atoms with Crippen molar-refractivity contribution in [3.05, 3.63) is 0 Å². The molecular formula is C15H30N2O. The minimum absolute atomic E-state index is 0.682. The molecule has 1 saturated heterocycles. The second kappa shape index (κ2) is 7.46. The number of hydrogen-bond donors (Lipinski definition) is 1. The molecule has 0 aromatic rings. The second-order valence-corrected chi connectivity index (χ2v) is 6.24.